The standard InChI is InChI=1S/C25H26Cl2F4N6O3/c1-11-10-35(23(39)40-24(3,4)5)6-7-36(11)21-16-8-13(25(29,30)31)17(22(38)37(16)34-12(2)33-21)18-19(28)14(26)9-15(27)20(18)32/h8-9,11H,6-7,10,32H2,1-5H3/t11-/m0/s1. The molecule has 15 heteroatoms. The Kier molecular flexibility index (Phi) is 7.61. The fraction of sp³-hybridized carbons (Fsp3) is 0.440. The zero-order chi connectivity index (χ0) is 29.9. The number of amides is 1. The van der Waals surface area contributed by atoms with Crippen LogP contribution in [0.5, 0.6) is 0 Å². The van der Waals surface area contributed by atoms with Crippen molar-refractivity contribution in [1.29, 1.82) is 0 Å². The summed E-state index contributed by atoms with van der Waals surface area (Å²) in [6.07, 6.45) is -5.64. The van der Waals surface area contributed by atoms with Gasteiger partial charge in [-0.1, -0.05) is 23.2 Å². The van der Waals surface area contributed by atoms with Crippen molar-refractivity contribution < 1.29 is 27.1 Å². The Morgan fingerprint density at radius 2 is 1.77 bits per heavy atom. The number of carbonyl (C=O) groups excluding carboxylic acids is 1. The highest BCUT2D eigenvalue weighted by molar-refractivity contribution is 6.37. The van der Waals surface area contributed by atoms with E-state index in [-0.39, 0.29) is 41.8 Å². The predicted octanol–water partition coefficient (Wildman–Crippen LogP) is 5.56. The van der Waals surface area contributed by atoms with Gasteiger partial charge in [0.1, 0.15) is 16.9 Å². The first kappa shape index (κ1) is 29.7. The SMILES string of the molecule is Cc1nc(N2CCN(C(=O)OC(C)(C)C)C[C@@H]2C)c2cc(C(F)(F)F)c(-c3c(N)c(Cl)cc(Cl)c3F)c(=O)n2n1. The number of rotatable bonds is 2. The van der Waals surface area contributed by atoms with Crippen molar-refractivity contribution in [2.24, 2.45) is 0 Å². The van der Waals surface area contributed by atoms with Crippen LogP contribution in [0.4, 0.5) is 33.9 Å². The van der Waals surface area contributed by atoms with E-state index in [9.17, 15) is 22.8 Å². The fourth-order valence-corrected chi connectivity index (χ4v) is 4.99. The molecule has 0 bridgehead atoms. The number of nitrogens with two attached hydrogens (primary N) is 1. The molecule has 0 saturated carbocycles. The van der Waals surface area contributed by atoms with E-state index in [2.05, 4.69) is 10.1 Å². The third-order valence-electron chi connectivity index (χ3n) is 6.24. The van der Waals surface area contributed by atoms with E-state index in [0.29, 0.717) is 6.07 Å². The number of alkyl halides is 3. The lowest BCUT2D eigenvalue weighted by Crippen LogP contribution is -2.55. The molecule has 4 rings (SSSR count). The Labute approximate surface area is 236 Å². The average molecular weight is 605 g/mol. The second-order valence-corrected chi connectivity index (χ2v) is 11.2. The van der Waals surface area contributed by atoms with Gasteiger partial charge in [-0.05, 0) is 46.8 Å². The molecule has 1 aromatic carbocycles. The second-order valence-electron chi connectivity index (χ2n) is 10.4. The zero-order valence-electron chi connectivity index (χ0n) is 22.2. The Morgan fingerprint density at radius 1 is 1.12 bits per heavy atom. The number of carbonyl (C=O) groups is 1. The molecule has 3 aromatic rings. The Balaban J connectivity index is 1.91. The number of benzene rings is 1. The van der Waals surface area contributed by atoms with Gasteiger partial charge in [0.25, 0.3) is 5.56 Å². The molecule has 216 valence electrons. The largest absolute Gasteiger partial charge is 0.444 e. The van der Waals surface area contributed by atoms with Gasteiger partial charge in [-0.3, -0.25) is 4.79 Å². The number of aryl methyl sites for hydroxylation is 1. The first-order valence-electron chi connectivity index (χ1n) is 12.1. The van der Waals surface area contributed by atoms with Crippen molar-refractivity contribution >= 4 is 46.3 Å². The molecule has 0 spiro atoms. The minimum absolute atomic E-state index is 0.0376. The number of halogens is 6. The molecule has 1 atom stereocenters. The number of hydrogen-bond acceptors (Lipinski definition) is 7. The summed E-state index contributed by atoms with van der Waals surface area (Å²) in [5, 5.41) is 3.11. The Hall–Kier alpha value is -3.32. The van der Waals surface area contributed by atoms with Crippen LogP contribution >= 0.6 is 23.2 Å². The molecule has 1 aliphatic rings. The molecule has 0 aliphatic carbocycles. The van der Waals surface area contributed by atoms with Crippen LogP contribution in [0.1, 0.15) is 39.1 Å². The molecule has 0 unspecified atom stereocenters. The third kappa shape index (κ3) is 5.49. The summed E-state index contributed by atoms with van der Waals surface area (Å²) in [6.45, 7) is 8.97. The third-order valence-corrected chi connectivity index (χ3v) is 6.83. The maximum Gasteiger partial charge on any atom is 0.417 e. The van der Waals surface area contributed by atoms with E-state index in [1.807, 2.05) is 0 Å². The number of pyridine rings is 1. The number of nitrogens with zero attached hydrogens (tertiary/aromatic N) is 5. The summed E-state index contributed by atoms with van der Waals surface area (Å²) in [5.74, 6) is -1.23. The van der Waals surface area contributed by atoms with Crippen molar-refractivity contribution in [2.75, 3.05) is 30.3 Å². The van der Waals surface area contributed by atoms with Gasteiger partial charge in [0, 0.05) is 31.2 Å². The first-order chi connectivity index (χ1) is 18.4. The molecule has 0 radical (unpaired) electrons. The summed E-state index contributed by atoms with van der Waals surface area (Å²) in [7, 11) is 0. The lowest BCUT2D eigenvalue weighted by atomic mass is 9.98. The number of hydrogen-bond donors (Lipinski definition) is 1. The zero-order valence-corrected chi connectivity index (χ0v) is 23.7. The Bertz CT molecular complexity index is 1550. The fourth-order valence-electron chi connectivity index (χ4n) is 4.53. The van der Waals surface area contributed by atoms with Gasteiger partial charge in [0.2, 0.25) is 0 Å². The van der Waals surface area contributed by atoms with Crippen molar-refractivity contribution in [3.8, 4) is 11.1 Å². The molecule has 1 fully saturated rings. The van der Waals surface area contributed by atoms with Crippen molar-refractivity contribution in [3.05, 3.63) is 49.7 Å². The molecule has 9 nitrogen and oxygen atoms in total. The van der Waals surface area contributed by atoms with E-state index < -0.39 is 62.7 Å². The van der Waals surface area contributed by atoms with E-state index in [0.717, 1.165) is 10.6 Å². The molecule has 1 saturated heterocycles. The topological polar surface area (TPSA) is 106 Å². The highest BCUT2D eigenvalue weighted by Gasteiger charge is 2.39. The first-order valence-corrected chi connectivity index (χ1v) is 12.9. The predicted molar refractivity (Wildman–Crippen MR) is 143 cm³/mol. The minimum atomic E-state index is -5.11. The van der Waals surface area contributed by atoms with Gasteiger partial charge >= 0.3 is 12.3 Å². The van der Waals surface area contributed by atoms with Gasteiger partial charge in [-0.2, -0.15) is 17.7 Å². The number of ether oxygens (including phenoxy) is 1. The molecule has 2 N–H and O–H groups in total. The van der Waals surface area contributed by atoms with Gasteiger partial charge < -0.3 is 20.3 Å². The van der Waals surface area contributed by atoms with E-state index >= 15 is 4.39 Å². The quantitative estimate of drug-likeness (QED) is 0.232. The summed E-state index contributed by atoms with van der Waals surface area (Å²) in [4.78, 5) is 33.7. The molecule has 1 aliphatic heterocycles. The number of piperazine rings is 1. The maximum atomic E-state index is 15.1. The maximum absolute atomic E-state index is 15.1. The van der Waals surface area contributed by atoms with E-state index in [1.54, 1.807) is 32.6 Å². The minimum Gasteiger partial charge on any atom is -0.444 e. The summed E-state index contributed by atoms with van der Waals surface area (Å²) in [6, 6.07) is 1.18. The monoisotopic (exact) mass is 604 g/mol. The van der Waals surface area contributed by atoms with Crippen LogP contribution in [0.2, 0.25) is 10.0 Å². The van der Waals surface area contributed by atoms with Gasteiger partial charge in [-0.25, -0.2) is 14.2 Å². The smallest absolute Gasteiger partial charge is 0.417 e. The van der Waals surface area contributed by atoms with Gasteiger partial charge in [0.15, 0.2) is 11.6 Å². The van der Waals surface area contributed by atoms with E-state index in [4.69, 9.17) is 33.7 Å². The van der Waals surface area contributed by atoms with Crippen molar-refractivity contribution in [2.45, 2.75) is 52.4 Å². The molecule has 3 heterocycles. The lowest BCUT2D eigenvalue weighted by Gasteiger charge is -2.41. The van der Waals surface area contributed by atoms with Crippen LogP contribution in [-0.4, -0.2) is 56.9 Å². The highest BCUT2D eigenvalue weighted by atomic mass is 35.5. The summed E-state index contributed by atoms with van der Waals surface area (Å²) < 4.78 is 64.5. The van der Waals surface area contributed by atoms with Gasteiger partial charge in [0.05, 0.1) is 26.9 Å². The van der Waals surface area contributed by atoms with Crippen LogP contribution in [0.25, 0.3) is 16.6 Å². The van der Waals surface area contributed by atoms with Crippen LogP contribution < -0.4 is 16.2 Å². The van der Waals surface area contributed by atoms with Crippen molar-refractivity contribution in [3.63, 3.8) is 0 Å². The van der Waals surface area contributed by atoms with E-state index in [1.165, 1.54) is 11.8 Å². The summed E-state index contributed by atoms with van der Waals surface area (Å²) in [5.41, 5.74) is -0.419. The number of anilines is 2. The molecule has 1 amide bonds. The van der Waals surface area contributed by atoms with Crippen LogP contribution in [-0.2, 0) is 10.9 Å². The number of nitrogen functional groups attached to an aromatic ring is 1. The molecule has 2 aromatic heterocycles. The Morgan fingerprint density at radius 3 is 2.35 bits per heavy atom. The number of fused-ring (bicyclic) bond motifs is 1. The molecular formula is C25H26Cl2F4N6O3. The molecule has 40 heavy (non-hydrogen) atoms. The van der Waals surface area contributed by atoms with Crippen LogP contribution in [0.3, 0.4) is 0 Å². The van der Waals surface area contributed by atoms with Gasteiger partial charge in [-0.15, -0.1) is 5.10 Å². The molecular weight excluding hydrogens is 579 g/mol. The lowest BCUT2D eigenvalue weighted by molar-refractivity contribution is -0.137. The van der Waals surface area contributed by atoms with Crippen molar-refractivity contribution in [1.82, 2.24) is 19.5 Å². The van der Waals surface area contributed by atoms with Crippen LogP contribution in [0, 0.1) is 12.7 Å². The normalized spacial score (nSPS) is 16.5. The average Bonchev–Trinajstić information content (AvgIpc) is 2.82. The number of aromatic nitrogens is 3. The second kappa shape index (κ2) is 10.3. The van der Waals surface area contributed by atoms with Crippen LogP contribution in [0.15, 0.2) is 16.9 Å². The summed E-state index contributed by atoms with van der Waals surface area (Å²) >= 11 is 11.8. The highest BCUT2D eigenvalue weighted by Crippen LogP contribution is 2.43.